The molecule has 2 heterocycles. The second-order valence-corrected chi connectivity index (χ2v) is 9.01. The Labute approximate surface area is 175 Å². The molecule has 4 rings (SSSR count). The van der Waals surface area contributed by atoms with Crippen LogP contribution in [-0.4, -0.2) is 24.3 Å². The van der Waals surface area contributed by atoms with Gasteiger partial charge in [0.2, 0.25) is 11.8 Å². The largest absolute Gasteiger partial charge is 0.462 e. The van der Waals surface area contributed by atoms with Crippen LogP contribution in [0.25, 0.3) is 0 Å². The van der Waals surface area contributed by atoms with Gasteiger partial charge in [0, 0.05) is 24.1 Å². The minimum absolute atomic E-state index is 0.0971. The van der Waals surface area contributed by atoms with Gasteiger partial charge in [-0.05, 0) is 31.7 Å². The number of ketones is 1. The SMILES string of the molecule is CCOC(=O)C1=C(N)OC2=C(C(=O)CC(C)(C)C2)[C@]12C(=O)Nc1c(C)cc(C)cc12. The molecule has 30 heavy (non-hydrogen) atoms. The molecule has 0 radical (unpaired) electrons. The minimum atomic E-state index is -1.68. The zero-order chi connectivity index (χ0) is 22.0. The molecule has 3 N–H and O–H groups in total. The third-order valence-corrected chi connectivity index (χ3v) is 6.01. The standard InChI is InChI=1S/C23H26N2O5/c1-6-29-20(27)17-19(24)30-15-10-22(4,5)9-14(26)16(15)23(17)13-8-11(2)7-12(3)18(13)25-21(23)28/h7-8H,6,9-10,24H2,1-5H3,(H,25,28)/t23-/m0/s1. The van der Waals surface area contributed by atoms with Crippen molar-refractivity contribution in [1.29, 1.82) is 0 Å². The van der Waals surface area contributed by atoms with Gasteiger partial charge >= 0.3 is 5.97 Å². The number of nitrogens with one attached hydrogen (secondary N) is 1. The fraction of sp³-hybridized carbons (Fsp3) is 0.435. The number of fused-ring (bicyclic) bond motifs is 3. The van der Waals surface area contributed by atoms with Crippen LogP contribution < -0.4 is 11.1 Å². The van der Waals surface area contributed by atoms with E-state index < -0.39 is 17.3 Å². The zero-order valence-corrected chi connectivity index (χ0v) is 17.9. The van der Waals surface area contributed by atoms with E-state index >= 15 is 0 Å². The van der Waals surface area contributed by atoms with E-state index in [-0.39, 0.29) is 41.3 Å². The van der Waals surface area contributed by atoms with Crippen LogP contribution in [0.2, 0.25) is 0 Å². The second kappa shape index (κ2) is 6.45. The Morgan fingerprint density at radius 2 is 1.93 bits per heavy atom. The van der Waals surface area contributed by atoms with E-state index in [1.165, 1.54) is 0 Å². The topological polar surface area (TPSA) is 108 Å². The summed E-state index contributed by atoms with van der Waals surface area (Å²) in [7, 11) is 0. The van der Waals surface area contributed by atoms with E-state index in [1.807, 2.05) is 39.8 Å². The Morgan fingerprint density at radius 3 is 2.60 bits per heavy atom. The fourth-order valence-corrected chi connectivity index (χ4v) is 4.98. The van der Waals surface area contributed by atoms with Crippen molar-refractivity contribution in [3.05, 3.63) is 51.6 Å². The first-order valence-electron chi connectivity index (χ1n) is 10.1. The molecular formula is C23H26N2O5. The maximum Gasteiger partial charge on any atom is 0.341 e. The number of rotatable bonds is 2. The summed E-state index contributed by atoms with van der Waals surface area (Å²) >= 11 is 0. The first-order valence-corrected chi connectivity index (χ1v) is 10.1. The molecule has 158 valence electrons. The molecule has 2 aliphatic heterocycles. The number of benzene rings is 1. The van der Waals surface area contributed by atoms with Crippen molar-refractivity contribution >= 4 is 23.3 Å². The van der Waals surface area contributed by atoms with Crippen molar-refractivity contribution in [3.8, 4) is 0 Å². The molecule has 0 bridgehead atoms. The highest BCUT2D eigenvalue weighted by molar-refractivity contribution is 6.23. The predicted octanol–water partition coefficient (Wildman–Crippen LogP) is 2.90. The van der Waals surface area contributed by atoms with Crippen LogP contribution in [-0.2, 0) is 29.3 Å². The number of nitrogens with two attached hydrogens (primary N) is 1. The lowest BCUT2D eigenvalue weighted by Crippen LogP contribution is -2.50. The highest BCUT2D eigenvalue weighted by Crippen LogP contribution is 2.56. The van der Waals surface area contributed by atoms with E-state index in [9.17, 15) is 14.4 Å². The molecule has 0 aromatic heterocycles. The Hall–Kier alpha value is -3.09. The third-order valence-electron chi connectivity index (χ3n) is 6.01. The number of carbonyl (C=O) groups excluding carboxylic acids is 3. The maximum absolute atomic E-state index is 13.6. The van der Waals surface area contributed by atoms with Crippen LogP contribution in [0.4, 0.5) is 5.69 Å². The number of amides is 1. The summed E-state index contributed by atoms with van der Waals surface area (Å²) in [5, 5.41) is 2.90. The average Bonchev–Trinajstić information content (AvgIpc) is 2.87. The Kier molecular flexibility index (Phi) is 4.34. The number of carbonyl (C=O) groups is 3. The Balaban J connectivity index is 2.11. The van der Waals surface area contributed by atoms with Crippen molar-refractivity contribution in [1.82, 2.24) is 0 Å². The number of aryl methyl sites for hydroxylation is 2. The van der Waals surface area contributed by atoms with Crippen LogP contribution in [0.15, 0.2) is 34.9 Å². The van der Waals surface area contributed by atoms with Gasteiger partial charge in [0.25, 0.3) is 0 Å². The maximum atomic E-state index is 13.6. The summed E-state index contributed by atoms with van der Waals surface area (Å²) in [4.78, 5) is 40.1. The Morgan fingerprint density at radius 1 is 1.23 bits per heavy atom. The summed E-state index contributed by atoms with van der Waals surface area (Å²) in [6, 6.07) is 3.77. The number of anilines is 1. The molecule has 1 atom stereocenters. The van der Waals surface area contributed by atoms with Crippen molar-refractivity contribution in [2.75, 3.05) is 11.9 Å². The predicted molar refractivity (Wildman–Crippen MR) is 110 cm³/mol. The monoisotopic (exact) mass is 410 g/mol. The highest BCUT2D eigenvalue weighted by Gasteiger charge is 2.63. The summed E-state index contributed by atoms with van der Waals surface area (Å²) in [5.41, 5.74) is 7.15. The molecule has 0 fully saturated rings. The first-order chi connectivity index (χ1) is 14.0. The van der Waals surface area contributed by atoms with Gasteiger partial charge in [0.05, 0.1) is 12.2 Å². The van der Waals surface area contributed by atoms with Crippen LogP contribution >= 0.6 is 0 Å². The number of ether oxygens (including phenoxy) is 2. The van der Waals surface area contributed by atoms with Crippen molar-refractivity contribution in [2.45, 2.75) is 52.9 Å². The molecule has 1 aliphatic carbocycles. The number of Topliss-reactive ketones (excluding diaryl/α,β-unsaturated/α-hetero) is 1. The zero-order valence-electron chi connectivity index (χ0n) is 17.9. The lowest BCUT2D eigenvalue weighted by molar-refractivity contribution is -0.141. The van der Waals surface area contributed by atoms with Gasteiger partial charge in [-0.3, -0.25) is 9.59 Å². The number of esters is 1. The molecule has 1 spiro atoms. The van der Waals surface area contributed by atoms with E-state index in [4.69, 9.17) is 15.2 Å². The molecule has 3 aliphatic rings. The molecule has 0 saturated carbocycles. The molecule has 1 amide bonds. The van der Waals surface area contributed by atoms with Gasteiger partial charge in [-0.2, -0.15) is 0 Å². The number of hydrogen-bond acceptors (Lipinski definition) is 6. The molecule has 0 saturated heterocycles. The first kappa shape index (κ1) is 20.2. The quantitative estimate of drug-likeness (QED) is 0.726. The van der Waals surface area contributed by atoms with Gasteiger partial charge in [-0.1, -0.05) is 31.5 Å². The number of hydrogen-bond donors (Lipinski definition) is 2. The van der Waals surface area contributed by atoms with Crippen LogP contribution in [0.5, 0.6) is 0 Å². The van der Waals surface area contributed by atoms with E-state index in [0.717, 1.165) is 11.1 Å². The van der Waals surface area contributed by atoms with Gasteiger partial charge in [0.15, 0.2) is 5.78 Å². The molecule has 1 aromatic carbocycles. The van der Waals surface area contributed by atoms with E-state index in [1.54, 1.807) is 6.92 Å². The number of allylic oxidation sites excluding steroid dienone is 1. The summed E-state index contributed by atoms with van der Waals surface area (Å²) in [5.74, 6) is -1.32. The molecule has 0 unspecified atom stereocenters. The lowest BCUT2D eigenvalue weighted by atomic mass is 9.61. The molecule has 1 aromatic rings. The summed E-state index contributed by atoms with van der Waals surface area (Å²) in [6.07, 6.45) is 0.667. The average molecular weight is 410 g/mol. The van der Waals surface area contributed by atoms with Gasteiger partial charge in [-0.15, -0.1) is 0 Å². The van der Waals surface area contributed by atoms with Crippen molar-refractivity contribution in [3.63, 3.8) is 0 Å². The minimum Gasteiger partial charge on any atom is -0.462 e. The van der Waals surface area contributed by atoms with Crippen LogP contribution in [0.3, 0.4) is 0 Å². The van der Waals surface area contributed by atoms with Crippen LogP contribution in [0, 0.1) is 19.3 Å². The molecule has 7 heteroatoms. The van der Waals surface area contributed by atoms with Crippen molar-refractivity contribution in [2.24, 2.45) is 11.1 Å². The van der Waals surface area contributed by atoms with Gasteiger partial charge in [0.1, 0.15) is 16.7 Å². The van der Waals surface area contributed by atoms with Gasteiger partial charge < -0.3 is 20.5 Å². The smallest absolute Gasteiger partial charge is 0.341 e. The summed E-state index contributed by atoms with van der Waals surface area (Å²) < 4.78 is 11.1. The fourth-order valence-electron chi connectivity index (χ4n) is 4.98. The highest BCUT2D eigenvalue weighted by atomic mass is 16.5. The lowest BCUT2D eigenvalue weighted by Gasteiger charge is -2.42. The molecular weight excluding hydrogens is 384 g/mol. The third kappa shape index (κ3) is 2.61. The van der Waals surface area contributed by atoms with Crippen LogP contribution in [0.1, 0.15) is 50.3 Å². The summed E-state index contributed by atoms with van der Waals surface area (Å²) in [6.45, 7) is 9.47. The molecule has 7 nitrogen and oxygen atoms in total. The van der Waals surface area contributed by atoms with E-state index in [0.29, 0.717) is 23.4 Å². The van der Waals surface area contributed by atoms with Crippen molar-refractivity contribution < 1.29 is 23.9 Å². The van der Waals surface area contributed by atoms with Gasteiger partial charge in [-0.25, -0.2) is 4.79 Å². The van der Waals surface area contributed by atoms with E-state index in [2.05, 4.69) is 5.32 Å². The Bertz CT molecular complexity index is 1080. The normalized spacial score (nSPS) is 24.4. The second-order valence-electron chi connectivity index (χ2n) is 9.01.